The number of aromatic nitrogens is 2. The van der Waals surface area contributed by atoms with Crippen LogP contribution in [0.25, 0.3) is 16.2 Å². The van der Waals surface area contributed by atoms with Gasteiger partial charge in [0.05, 0.1) is 0 Å². The van der Waals surface area contributed by atoms with Crippen molar-refractivity contribution >= 4 is 22.6 Å². The van der Waals surface area contributed by atoms with Gasteiger partial charge in [0.2, 0.25) is 0 Å². The van der Waals surface area contributed by atoms with Gasteiger partial charge in [-0.25, -0.2) is 13.8 Å². The summed E-state index contributed by atoms with van der Waals surface area (Å²) in [6, 6.07) is 3.46. The number of imidazole rings is 1. The fraction of sp³-hybridized carbons (Fsp3) is 0. The van der Waals surface area contributed by atoms with Crippen LogP contribution < -0.4 is 0 Å². The lowest BCUT2D eigenvalue weighted by Crippen LogP contribution is -1.91. The van der Waals surface area contributed by atoms with E-state index in [-0.39, 0.29) is 0 Å². The minimum atomic E-state index is -0.958. The van der Waals surface area contributed by atoms with Gasteiger partial charge in [0.25, 0.3) is 0 Å². The molecule has 0 atom stereocenters. The molecule has 3 nitrogen and oxygen atoms in total. The van der Waals surface area contributed by atoms with Crippen LogP contribution in [0.5, 0.6) is 0 Å². The quantitative estimate of drug-likeness (QED) is 0.666. The molecule has 0 aliphatic rings. The van der Waals surface area contributed by atoms with E-state index in [1.165, 1.54) is 17.4 Å². The van der Waals surface area contributed by atoms with Gasteiger partial charge in [0.1, 0.15) is 11.4 Å². The van der Waals surface area contributed by atoms with Crippen LogP contribution in [-0.2, 0) is 0 Å². The summed E-state index contributed by atoms with van der Waals surface area (Å²) in [4.78, 5) is 16.0. The highest BCUT2D eigenvalue weighted by Crippen LogP contribution is 2.26. The smallest absolute Gasteiger partial charge is 0.194 e. The van der Waals surface area contributed by atoms with Gasteiger partial charge >= 0.3 is 0 Å². The summed E-state index contributed by atoms with van der Waals surface area (Å²) >= 11 is 1.36. The molecule has 0 radical (unpaired) electrons. The number of aldehydes is 1. The molecule has 0 fully saturated rings. The predicted molar refractivity (Wildman–Crippen MR) is 63.8 cm³/mol. The first-order chi connectivity index (χ1) is 8.70. The molecular weight excluding hydrogens is 258 g/mol. The lowest BCUT2D eigenvalue weighted by atomic mass is 10.1. The second kappa shape index (κ2) is 3.99. The SMILES string of the molecule is O=Cc1c(-c2ccc(F)c(F)c2)nc2sccn12. The van der Waals surface area contributed by atoms with Crippen molar-refractivity contribution in [3.63, 3.8) is 0 Å². The average Bonchev–Trinajstić information content (AvgIpc) is 2.92. The molecule has 3 rings (SSSR count). The van der Waals surface area contributed by atoms with Crippen molar-refractivity contribution < 1.29 is 13.6 Å². The molecule has 0 saturated carbocycles. The van der Waals surface area contributed by atoms with E-state index in [0.29, 0.717) is 28.2 Å². The number of halogens is 2. The number of hydrogen-bond acceptors (Lipinski definition) is 3. The zero-order valence-corrected chi connectivity index (χ0v) is 9.75. The Morgan fingerprint density at radius 1 is 1.28 bits per heavy atom. The van der Waals surface area contributed by atoms with Crippen LogP contribution >= 0.6 is 11.3 Å². The molecule has 1 aromatic carbocycles. The third-order valence-electron chi connectivity index (χ3n) is 2.60. The summed E-state index contributed by atoms with van der Waals surface area (Å²) in [7, 11) is 0. The second-order valence-corrected chi connectivity index (χ2v) is 4.52. The fourth-order valence-corrected chi connectivity index (χ4v) is 2.49. The van der Waals surface area contributed by atoms with E-state index < -0.39 is 11.6 Å². The van der Waals surface area contributed by atoms with Crippen molar-refractivity contribution in [2.24, 2.45) is 0 Å². The molecule has 3 aromatic rings. The minimum absolute atomic E-state index is 0.331. The molecule has 0 bridgehead atoms. The van der Waals surface area contributed by atoms with Crippen molar-refractivity contribution in [1.82, 2.24) is 9.38 Å². The Kier molecular flexibility index (Phi) is 2.45. The van der Waals surface area contributed by atoms with Crippen LogP contribution in [-0.4, -0.2) is 15.7 Å². The normalized spacial score (nSPS) is 11.0. The third kappa shape index (κ3) is 1.53. The van der Waals surface area contributed by atoms with Crippen LogP contribution in [0.1, 0.15) is 10.5 Å². The Bertz CT molecular complexity index is 748. The maximum absolute atomic E-state index is 13.2. The van der Waals surface area contributed by atoms with Gasteiger partial charge in [0.15, 0.2) is 22.9 Å². The topological polar surface area (TPSA) is 34.4 Å². The van der Waals surface area contributed by atoms with Gasteiger partial charge in [-0.05, 0) is 18.2 Å². The summed E-state index contributed by atoms with van der Waals surface area (Å²) < 4.78 is 27.7. The van der Waals surface area contributed by atoms with Crippen LogP contribution in [0.2, 0.25) is 0 Å². The number of carbonyl (C=O) groups is 1. The minimum Gasteiger partial charge on any atom is -0.296 e. The van der Waals surface area contributed by atoms with E-state index in [0.717, 1.165) is 12.1 Å². The van der Waals surface area contributed by atoms with E-state index in [9.17, 15) is 13.6 Å². The predicted octanol–water partition coefficient (Wildman–Crippen LogP) is 3.15. The molecule has 2 heterocycles. The lowest BCUT2D eigenvalue weighted by molar-refractivity contribution is 0.111. The number of hydrogen-bond donors (Lipinski definition) is 0. The van der Waals surface area contributed by atoms with Gasteiger partial charge in [-0.15, -0.1) is 11.3 Å². The number of nitrogens with zero attached hydrogens (tertiary/aromatic N) is 2. The average molecular weight is 264 g/mol. The molecule has 0 aliphatic heterocycles. The number of thiazole rings is 1. The summed E-state index contributed by atoms with van der Waals surface area (Å²) in [6.07, 6.45) is 2.36. The van der Waals surface area contributed by atoms with Gasteiger partial charge in [-0.1, -0.05) is 0 Å². The summed E-state index contributed by atoms with van der Waals surface area (Å²) in [5.41, 5.74) is 1.07. The Morgan fingerprint density at radius 2 is 2.11 bits per heavy atom. The summed E-state index contributed by atoms with van der Waals surface area (Å²) in [5, 5.41) is 1.80. The van der Waals surface area contributed by atoms with E-state index in [1.807, 2.05) is 0 Å². The first-order valence-corrected chi connectivity index (χ1v) is 5.95. The molecule has 18 heavy (non-hydrogen) atoms. The molecular formula is C12H6F2N2OS. The van der Waals surface area contributed by atoms with Crippen molar-refractivity contribution in [3.05, 3.63) is 47.1 Å². The Labute approximate surface area is 104 Å². The zero-order chi connectivity index (χ0) is 12.7. The van der Waals surface area contributed by atoms with Crippen molar-refractivity contribution in [3.8, 4) is 11.3 Å². The first kappa shape index (κ1) is 11.0. The van der Waals surface area contributed by atoms with E-state index >= 15 is 0 Å². The highest BCUT2D eigenvalue weighted by Gasteiger charge is 2.15. The highest BCUT2D eigenvalue weighted by atomic mass is 32.1. The number of carbonyl (C=O) groups excluding carboxylic acids is 1. The monoisotopic (exact) mass is 264 g/mol. The Hall–Kier alpha value is -2.08. The summed E-state index contributed by atoms with van der Waals surface area (Å²) in [5.74, 6) is -1.88. The van der Waals surface area contributed by atoms with E-state index in [2.05, 4.69) is 4.98 Å². The molecule has 2 aromatic heterocycles. The molecule has 90 valence electrons. The maximum Gasteiger partial charge on any atom is 0.194 e. The Morgan fingerprint density at radius 3 is 2.83 bits per heavy atom. The maximum atomic E-state index is 13.2. The highest BCUT2D eigenvalue weighted by molar-refractivity contribution is 7.15. The van der Waals surface area contributed by atoms with Crippen molar-refractivity contribution in [2.75, 3.05) is 0 Å². The third-order valence-corrected chi connectivity index (χ3v) is 3.36. The zero-order valence-electron chi connectivity index (χ0n) is 8.93. The number of rotatable bonds is 2. The number of fused-ring (bicyclic) bond motifs is 1. The molecule has 0 N–H and O–H groups in total. The van der Waals surface area contributed by atoms with Gasteiger partial charge < -0.3 is 0 Å². The summed E-state index contributed by atoms with van der Waals surface area (Å²) in [6.45, 7) is 0. The van der Waals surface area contributed by atoms with E-state index in [4.69, 9.17) is 0 Å². The lowest BCUT2D eigenvalue weighted by Gasteiger charge is -1.99. The van der Waals surface area contributed by atoms with Gasteiger partial charge in [-0.2, -0.15) is 0 Å². The molecule has 0 aliphatic carbocycles. The van der Waals surface area contributed by atoms with Gasteiger partial charge in [-0.3, -0.25) is 9.20 Å². The van der Waals surface area contributed by atoms with Crippen LogP contribution in [0.15, 0.2) is 29.8 Å². The van der Waals surface area contributed by atoms with Crippen LogP contribution in [0.3, 0.4) is 0 Å². The van der Waals surface area contributed by atoms with Crippen LogP contribution in [0.4, 0.5) is 8.78 Å². The van der Waals surface area contributed by atoms with E-state index in [1.54, 1.807) is 16.0 Å². The molecule has 6 heteroatoms. The fourth-order valence-electron chi connectivity index (χ4n) is 1.77. The number of benzene rings is 1. The van der Waals surface area contributed by atoms with Crippen molar-refractivity contribution in [1.29, 1.82) is 0 Å². The first-order valence-electron chi connectivity index (χ1n) is 5.07. The molecule has 0 amide bonds. The largest absolute Gasteiger partial charge is 0.296 e. The Balaban J connectivity index is 2.26. The molecule has 0 spiro atoms. The van der Waals surface area contributed by atoms with Crippen molar-refractivity contribution in [2.45, 2.75) is 0 Å². The molecule has 0 unspecified atom stereocenters. The standard InChI is InChI=1S/C12H6F2N2OS/c13-8-2-1-7(5-9(8)14)11-10(6-17)16-3-4-18-12(16)15-11/h1-6H. The molecule has 0 saturated heterocycles. The van der Waals surface area contributed by atoms with Crippen LogP contribution in [0, 0.1) is 11.6 Å². The van der Waals surface area contributed by atoms with Gasteiger partial charge in [0, 0.05) is 17.1 Å². The second-order valence-electron chi connectivity index (χ2n) is 3.65.